The van der Waals surface area contributed by atoms with Gasteiger partial charge in [0.15, 0.2) is 6.61 Å². The van der Waals surface area contributed by atoms with E-state index in [9.17, 15) is 19.7 Å². The van der Waals surface area contributed by atoms with E-state index in [1.54, 1.807) is 25.1 Å². The molecule has 0 heterocycles. The smallest absolute Gasteiger partial charge is 0.345 e. The highest BCUT2D eigenvalue weighted by molar-refractivity contribution is 5.95. The van der Waals surface area contributed by atoms with Crippen LogP contribution in [0, 0.1) is 10.1 Å². The molecule has 0 aromatic heterocycles. The first kappa shape index (κ1) is 20.7. The van der Waals surface area contributed by atoms with Crippen LogP contribution < -0.4 is 14.8 Å². The highest BCUT2D eigenvalue weighted by Gasteiger charge is 2.22. The maximum Gasteiger partial charge on any atom is 0.345 e. The normalized spacial score (nSPS) is 11.2. The van der Waals surface area contributed by atoms with E-state index >= 15 is 0 Å². The van der Waals surface area contributed by atoms with Gasteiger partial charge in [-0.15, -0.1) is 0 Å². The molecule has 1 atom stereocenters. The molecule has 0 unspecified atom stereocenters. The summed E-state index contributed by atoms with van der Waals surface area (Å²) in [7, 11) is 3.03. The van der Waals surface area contributed by atoms with Crippen molar-refractivity contribution < 1.29 is 28.7 Å². The molecule has 1 amide bonds. The van der Waals surface area contributed by atoms with Crippen molar-refractivity contribution in [1.82, 2.24) is 5.32 Å². The van der Waals surface area contributed by atoms with Crippen molar-refractivity contribution in [3.8, 4) is 11.5 Å². The van der Waals surface area contributed by atoms with Gasteiger partial charge in [0.1, 0.15) is 17.1 Å². The van der Waals surface area contributed by atoms with Crippen molar-refractivity contribution in [1.29, 1.82) is 0 Å². The summed E-state index contributed by atoms with van der Waals surface area (Å²) in [6.45, 7) is 1.15. The van der Waals surface area contributed by atoms with Crippen molar-refractivity contribution in [2.75, 3.05) is 20.8 Å². The van der Waals surface area contributed by atoms with Crippen LogP contribution in [0.25, 0.3) is 0 Å². The third-order valence-corrected chi connectivity index (χ3v) is 3.94. The topological polar surface area (TPSA) is 117 Å². The maximum atomic E-state index is 12.1. The van der Waals surface area contributed by atoms with Crippen LogP contribution in [0.5, 0.6) is 11.5 Å². The van der Waals surface area contributed by atoms with Crippen LogP contribution >= 0.6 is 0 Å². The molecule has 0 saturated carbocycles. The predicted molar refractivity (Wildman–Crippen MR) is 99.5 cm³/mol. The number of carbonyl (C=O) groups excluding carboxylic acids is 2. The van der Waals surface area contributed by atoms with Crippen LogP contribution in [0.2, 0.25) is 0 Å². The predicted octanol–water partition coefficient (Wildman–Crippen LogP) is 2.65. The number of carbonyl (C=O) groups is 2. The number of nitrogens with one attached hydrogen (secondary N) is 1. The van der Waals surface area contributed by atoms with Crippen LogP contribution in [-0.2, 0) is 9.53 Å². The molecule has 9 heteroatoms. The zero-order valence-electron chi connectivity index (χ0n) is 15.6. The van der Waals surface area contributed by atoms with Gasteiger partial charge in [-0.2, -0.15) is 0 Å². The first-order valence-electron chi connectivity index (χ1n) is 8.29. The average Bonchev–Trinajstić information content (AvgIpc) is 2.71. The first-order valence-corrected chi connectivity index (χ1v) is 8.29. The molecule has 0 aliphatic heterocycles. The van der Waals surface area contributed by atoms with E-state index in [0.717, 1.165) is 0 Å². The summed E-state index contributed by atoms with van der Waals surface area (Å²) in [5.41, 5.74) is 0.0745. The number of para-hydroxylation sites is 1. The molecule has 2 aromatic rings. The van der Waals surface area contributed by atoms with Crippen molar-refractivity contribution in [3.05, 3.63) is 63.7 Å². The Labute approximate surface area is 161 Å². The summed E-state index contributed by atoms with van der Waals surface area (Å²) >= 11 is 0. The van der Waals surface area contributed by atoms with Crippen LogP contribution in [0.1, 0.15) is 28.9 Å². The number of rotatable bonds is 8. The van der Waals surface area contributed by atoms with Gasteiger partial charge in [0, 0.05) is 11.6 Å². The van der Waals surface area contributed by atoms with E-state index in [1.165, 1.54) is 38.5 Å². The number of ether oxygens (including phenoxy) is 3. The molecule has 148 valence electrons. The van der Waals surface area contributed by atoms with E-state index in [1.807, 2.05) is 0 Å². The number of methoxy groups -OCH3 is 2. The molecule has 0 spiro atoms. The lowest BCUT2D eigenvalue weighted by molar-refractivity contribution is -0.385. The second-order valence-corrected chi connectivity index (χ2v) is 5.75. The lowest BCUT2D eigenvalue weighted by atomic mass is 10.1. The minimum Gasteiger partial charge on any atom is -0.497 e. The van der Waals surface area contributed by atoms with Crippen molar-refractivity contribution in [3.63, 3.8) is 0 Å². The lowest BCUT2D eigenvalue weighted by Gasteiger charge is -2.18. The summed E-state index contributed by atoms with van der Waals surface area (Å²) in [6.07, 6.45) is 0. The number of hydrogen-bond acceptors (Lipinski definition) is 7. The van der Waals surface area contributed by atoms with Crippen LogP contribution in [0.3, 0.4) is 0 Å². The zero-order chi connectivity index (χ0) is 20.7. The van der Waals surface area contributed by atoms with Gasteiger partial charge in [-0.3, -0.25) is 14.9 Å². The Kier molecular flexibility index (Phi) is 6.91. The molecule has 2 rings (SSSR count). The molecular weight excluding hydrogens is 368 g/mol. The minimum absolute atomic E-state index is 0.220. The van der Waals surface area contributed by atoms with Crippen LogP contribution in [0.4, 0.5) is 5.69 Å². The fourth-order valence-electron chi connectivity index (χ4n) is 2.55. The molecule has 0 aliphatic carbocycles. The Morgan fingerprint density at radius 1 is 1.14 bits per heavy atom. The number of nitro groups is 1. The summed E-state index contributed by atoms with van der Waals surface area (Å²) < 4.78 is 15.4. The quantitative estimate of drug-likeness (QED) is 0.420. The number of esters is 1. The maximum absolute atomic E-state index is 12.1. The lowest BCUT2D eigenvalue weighted by Crippen LogP contribution is -2.31. The van der Waals surface area contributed by atoms with E-state index in [4.69, 9.17) is 14.2 Å². The summed E-state index contributed by atoms with van der Waals surface area (Å²) in [4.78, 5) is 34.5. The molecule has 1 N–H and O–H groups in total. The Balaban J connectivity index is 2.01. The van der Waals surface area contributed by atoms with E-state index < -0.39 is 29.4 Å². The summed E-state index contributed by atoms with van der Waals surface area (Å²) in [5.74, 6) is -0.358. The number of benzene rings is 2. The Morgan fingerprint density at radius 3 is 2.50 bits per heavy atom. The van der Waals surface area contributed by atoms with Crippen LogP contribution in [-0.4, -0.2) is 37.6 Å². The van der Waals surface area contributed by atoms with Crippen molar-refractivity contribution in [2.45, 2.75) is 13.0 Å². The SMILES string of the molecule is COc1ccc(OC)c([C@@H](C)NC(=O)COC(=O)c2ccccc2[N+](=O)[O-])c1. The second-order valence-electron chi connectivity index (χ2n) is 5.75. The first-order chi connectivity index (χ1) is 13.4. The number of nitrogens with zero attached hydrogens (tertiary/aromatic N) is 1. The standard InChI is InChI=1S/C19H20N2O7/c1-12(15-10-13(26-2)8-9-17(15)27-3)20-18(22)11-28-19(23)14-6-4-5-7-16(14)21(24)25/h4-10,12H,11H2,1-3H3,(H,20,22)/t12-/m1/s1. The molecule has 0 fully saturated rings. The largest absolute Gasteiger partial charge is 0.497 e. The highest BCUT2D eigenvalue weighted by Crippen LogP contribution is 2.29. The van der Waals surface area contributed by atoms with Gasteiger partial charge in [0.25, 0.3) is 11.6 Å². The second kappa shape index (κ2) is 9.36. The average molecular weight is 388 g/mol. The van der Waals surface area contributed by atoms with E-state index in [0.29, 0.717) is 17.1 Å². The van der Waals surface area contributed by atoms with E-state index in [2.05, 4.69) is 5.32 Å². The third-order valence-electron chi connectivity index (χ3n) is 3.94. The highest BCUT2D eigenvalue weighted by atomic mass is 16.6. The van der Waals surface area contributed by atoms with Gasteiger partial charge in [0.2, 0.25) is 0 Å². The minimum atomic E-state index is -0.950. The molecule has 0 radical (unpaired) electrons. The molecular formula is C19H20N2O7. The Hall–Kier alpha value is -3.62. The fourth-order valence-corrected chi connectivity index (χ4v) is 2.55. The Morgan fingerprint density at radius 2 is 1.86 bits per heavy atom. The molecule has 2 aromatic carbocycles. The van der Waals surface area contributed by atoms with Gasteiger partial charge in [-0.1, -0.05) is 12.1 Å². The van der Waals surface area contributed by atoms with Gasteiger partial charge in [-0.25, -0.2) is 4.79 Å². The monoisotopic (exact) mass is 388 g/mol. The number of nitro benzene ring substituents is 1. The number of hydrogen-bond donors (Lipinski definition) is 1. The van der Waals surface area contributed by atoms with E-state index in [-0.39, 0.29) is 11.3 Å². The summed E-state index contributed by atoms with van der Waals surface area (Å²) in [5, 5.41) is 13.7. The molecule has 28 heavy (non-hydrogen) atoms. The molecule has 0 bridgehead atoms. The van der Waals surface area contributed by atoms with Crippen LogP contribution in [0.15, 0.2) is 42.5 Å². The van der Waals surface area contributed by atoms with Gasteiger partial charge in [-0.05, 0) is 31.2 Å². The van der Waals surface area contributed by atoms with Crippen molar-refractivity contribution >= 4 is 17.6 Å². The Bertz CT molecular complexity index is 882. The molecule has 0 saturated heterocycles. The van der Waals surface area contributed by atoms with Gasteiger partial charge < -0.3 is 19.5 Å². The molecule has 9 nitrogen and oxygen atoms in total. The zero-order valence-corrected chi connectivity index (χ0v) is 15.6. The third kappa shape index (κ3) is 4.97. The number of amides is 1. The van der Waals surface area contributed by atoms with Crippen molar-refractivity contribution in [2.24, 2.45) is 0 Å². The molecule has 0 aliphatic rings. The summed E-state index contributed by atoms with van der Waals surface area (Å²) in [6, 6.07) is 10.1. The van der Waals surface area contributed by atoms with Gasteiger partial charge >= 0.3 is 5.97 Å². The fraction of sp³-hybridized carbons (Fsp3) is 0.263. The van der Waals surface area contributed by atoms with Gasteiger partial charge in [0.05, 0.1) is 25.2 Å².